The maximum Gasteiger partial charge on any atom is 0.269 e. The molecule has 146 valence electrons. The predicted molar refractivity (Wildman–Crippen MR) is 117 cm³/mol. The molecule has 0 aliphatic carbocycles. The number of rotatable bonds is 7. The lowest BCUT2D eigenvalue weighted by Crippen LogP contribution is -2.11. The molecule has 0 heterocycles. The molecule has 1 amide bonds. The van der Waals surface area contributed by atoms with Crippen molar-refractivity contribution in [3.8, 4) is 0 Å². The maximum atomic E-state index is 12.3. The highest BCUT2D eigenvalue weighted by molar-refractivity contribution is 9.10. The number of nitrogens with zero attached hydrogens (tertiary/aromatic N) is 1. The summed E-state index contributed by atoms with van der Waals surface area (Å²) >= 11 is 4.73. The highest BCUT2D eigenvalue weighted by Crippen LogP contribution is 2.23. The van der Waals surface area contributed by atoms with E-state index in [1.54, 1.807) is 30.3 Å². The van der Waals surface area contributed by atoms with Gasteiger partial charge >= 0.3 is 0 Å². The normalized spacial score (nSPS) is 10.4. The molecular weight excluding hydrogens is 456 g/mol. The molecule has 8 heteroatoms. The van der Waals surface area contributed by atoms with Crippen LogP contribution in [0.3, 0.4) is 0 Å². The Bertz CT molecular complexity index is 1050. The van der Waals surface area contributed by atoms with E-state index < -0.39 is 4.92 Å². The van der Waals surface area contributed by atoms with Crippen molar-refractivity contribution < 1.29 is 14.5 Å². The van der Waals surface area contributed by atoms with E-state index in [-0.39, 0.29) is 23.1 Å². The Morgan fingerprint density at radius 1 is 0.966 bits per heavy atom. The molecule has 0 spiro atoms. The summed E-state index contributed by atoms with van der Waals surface area (Å²) in [5.74, 6) is -0.0720. The molecule has 0 aromatic heterocycles. The molecule has 0 saturated heterocycles. The number of halogens is 1. The fourth-order valence-electron chi connectivity index (χ4n) is 2.47. The Hall–Kier alpha value is -2.97. The Morgan fingerprint density at radius 2 is 1.62 bits per heavy atom. The highest BCUT2D eigenvalue weighted by Gasteiger charge is 2.11. The van der Waals surface area contributed by atoms with Crippen LogP contribution in [0.15, 0.2) is 82.2 Å². The van der Waals surface area contributed by atoms with Crippen molar-refractivity contribution in [3.05, 3.63) is 98.5 Å². The monoisotopic (exact) mass is 470 g/mol. The first-order valence-corrected chi connectivity index (χ1v) is 10.3. The minimum atomic E-state index is -0.516. The molecule has 0 fully saturated rings. The zero-order valence-electron chi connectivity index (χ0n) is 15.0. The summed E-state index contributed by atoms with van der Waals surface area (Å²) in [6.45, 7) is 0. The van der Waals surface area contributed by atoms with E-state index in [4.69, 9.17) is 0 Å². The number of benzene rings is 3. The van der Waals surface area contributed by atoms with Gasteiger partial charge in [-0.15, -0.1) is 11.8 Å². The van der Waals surface area contributed by atoms with Crippen molar-refractivity contribution in [2.75, 3.05) is 11.1 Å². The second-order valence-corrected chi connectivity index (χ2v) is 7.97. The summed E-state index contributed by atoms with van der Waals surface area (Å²) < 4.78 is 0.915. The van der Waals surface area contributed by atoms with Gasteiger partial charge in [0.25, 0.3) is 11.6 Å². The van der Waals surface area contributed by atoms with E-state index in [9.17, 15) is 19.7 Å². The lowest BCUT2D eigenvalue weighted by atomic mass is 10.2. The molecule has 6 nitrogen and oxygen atoms in total. The number of amides is 1. The third kappa shape index (κ3) is 5.75. The molecule has 3 rings (SSSR count). The van der Waals surface area contributed by atoms with Crippen LogP contribution in [0.2, 0.25) is 0 Å². The van der Waals surface area contributed by atoms with Crippen LogP contribution >= 0.6 is 27.7 Å². The molecular formula is C21H15BrN2O4S. The van der Waals surface area contributed by atoms with E-state index in [0.29, 0.717) is 16.8 Å². The molecule has 0 atom stereocenters. The average Bonchev–Trinajstić information content (AvgIpc) is 2.73. The summed E-state index contributed by atoms with van der Waals surface area (Å²) in [7, 11) is 0. The van der Waals surface area contributed by atoms with Gasteiger partial charge in [-0.3, -0.25) is 19.7 Å². The van der Waals surface area contributed by atoms with E-state index in [0.717, 1.165) is 9.37 Å². The minimum Gasteiger partial charge on any atom is -0.322 e. The Kier molecular flexibility index (Phi) is 6.79. The Balaban J connectivity index is 1.61. The predicted octanol–water partition coefficient (Wildman–Crippen LogP) is 5.58. The number of nitrogens with one attached hydrogen (secondary N) is 1. The van der Waals surface area contributed by atoms with E-state index in [2.05, 4.69) is 21.2 Å². The average molecular weight is 471 g/mol. The first kappa shape index (κ1) is 20.8. The molecule has 0 bridgehead atoms. The quantitative estimate of drug-likeness (QED) is 0.210. The van der Waals surface area contributed by atoms with Crippen molar-refractivity contribution in [2.45, 2.75) is 4.90 Å². The number of nitro groups is 1. The standard InChI is InChI=1S/C21H15BrN2O4S/c22-16-8-4-14(5-9-16)20(25)13-29-19-3-1-2-17(12-19)23-21(26)15-6-10-18(11-7-15)24(27)28/h1-12H,13H2,(H,23,26). The van der Waals surface area contributed by atoms with Crippen LogP contribution in [-0.4, -0.2) is 22.4 Å². The summed E-state index contributed by atoms with van der Waals surface area (Å²) in [6, 6.07) is 19.8. The number of thioether (sulfide) groups is 1. The van der Waals surface area contributed by atoms with Gasteiger partial charge in [0, 0.05) is 38.3 Å². The van der Waals surface area contributed by atoms with Crippen molar-refractivity contribution in [1.82, 2.24) is 0 Å². The molecule has 1 N–H and O–H groups in total. The molecule has 0 radical (unpaired) electrons. The first-order valence-electron chi connectivity index (χ1n) is 8.50. The number of carbonyl (C=O) groups excluding carboxylic acids is 2. The van der Waals surface area contributed by atoms with Crippen LogP contribution in [0.1, 0.15) is 20.7 Å². The number of anilines is 1. The maximum absolute atomic E-state index is 12.3. The number of carbonyl (C=O) groups is 2. The largest absolute Gasteiger partial charge is 0.322 e. The van der Waals surface area contributed by atoms with Gasteiger partial charge in [0.1, 0.15) is 0 Å². The molecule has 3 aromatic carbocycles. The summed E-state index contributed by atoms with van der Waals surface area (Å²) in [6.07, 6.45) is 0. The summed E-state index contributed by atoms with van der Waals surface area (Å²) in [5.41, 5.74) is 1.47. The molecule has 0 saturated carbocycles. The smallest absolute Gasteiger partial charge is 0.269 e. The van der Waals surface area contributed by atoms with Crippen LogP contribution in [0.5, 0.6) is 0 Å². The van der Waals surface area contributed by atoms with Gasteiger partial charge in [0.05, 0.1) is 10.7 Å². The van der Waals surface area contributed by atoms with Gasteiger partial charge in [-0.2, -0.15) is 0 Å². The van der Waals surface area contributed by atoms with Crippen LogP contribution < -0.4 is 5.32 Å². The van der Waals surface area contributed by atoms with Gasteiger partial charge in [-0.05, 0) is 42.5 Å². The van der Waals surface area contributed by atoms with E-state index in [1.807, 2.05) is 18.2 Å². The summed E-state index contributed by atoms with van der Waals surface area (Å²) in [4.78, 5) is 35.7. The number of hydrogen-bond donors (Lipinski definition) is 1. The second-order valence-electron chi connectivity index (χ2n) is 6.00. The SMILES string of the molecule is O=C(CSc1cccc(NC(=O)c2ccc([N+](=O)[O-])cc2)c1)c1ccc(Br)cc1. The first-order chi connectivity index (χ1) is 13.9. The van der Waals surface area contributed by atoms with E-state index in [1.165, 1.54) is 36.0 Å². The number of nitro benzene ring substituents is 1. The number of hydrogen-bond acceptors (Lipinski definition) is 5. The van der Waals surface area contributed by atoms with Gasteiger partial charge < -0.3 is 5.32 Å². The zero-order valence-corrected chi connectivity index (χ0v) is 17.4. The lowest BCUT2D eigenvalue weighted by molar-refractivity contribution is -0.384. The third-order valence-corrected chi connectivity index (χ3v) is 5.49. The molecule has 0 aliphatic heterocycles. The third-order valence-electron chi connectivity index (χ3n) is 3.97. The van der Waals surface area contributed by atoms with Crippen LogP contribution in [0.4, 0.5) is 11.4 Å². The van der Waals surface area contributed by atoms with E-state index >= 15 is 0 Å². The Labute approximate surface area is 179 Å². The molecule has 0 unspecified atom stereocenters. The zero-order chi connectivity index (χ0) is 20.8. The van der Waals surface area contributed by atoms with Crippen molar-refractivity contribution in [2.24, 2.45) is 0 Å². The summed E-state index contributed by atoms with van der Waals surface area (Å²) in [5, 5.41) is 13.5. The van der Waals surface area contributed by atoms with Crippen LogP contribution in [-0.2, 0) is 0 Å². The molecule has 0 aliphatic rings. The van der Waals surface area contributed by atoms with Gasteiger partial charge in [0.15, 0.2) is 5.78 Å². The minimum absolute atomic E-state index is 0.0165. The van der Waals surface area contributed by atoms with Crippen LogP contribution in [0, 0.1) is 10.1 Å². The van der Waals surface area contributed by atoms with Crippen molar-refractivity contribution in [1.29, 1.82) is 0 Å². The fraction of sp³-hybridized carbons (Fsp3) is 0.0476. The lowest BCUT2D eigenvalue weighted by Gasteiger charge is -2.08. The van der Waals surface area contributed by atoms with Crippen molar-refractivity contribution >= 4 is 50.8 Å². The van der Waals surface area contributed by atoms with Crippen LogP contribution in [0.25, 0.3) is 0 Å². The fourth-order valence-corrected chi connectivity index (χ4v) is 3.58. The topological polar surface area (TPSA) is 89.3 Å². The molecule has 29 heavy (non-hydrogen) atoms. The molecule has 3 aromatic rings. The van der Waals surface area contributed by atoms with Gasteiger partial charge in [-0.1, -0.05) is 34.1 Å². The highest BCUT2D eigenvalue weighted by atomic mass is 79.9. The van der Waals surface area contributed by atoms with Gasteiger partial charge in [0.2, 0.25) is 0 Å². The number of non-ortho nitro benzene ring substituents is 1. The second kappa shape index (κ2) is 9.49. The van der Waals surface area contributed by atoms with Gasteiger partial charge in [-0.25, -0.2) is 0 Å². The number of Topliss-reactive ketones (excluding diaryl/α,β-unsaturated/α-hetero) is 1. The Morgan fingerprint density at radius 3 is 2.28 bits per heavy atom. The van der Waals surface area contributed by atoms with Crippen molar-refractivity contribution in [3.63, 3.8) is 0 Å². The number of ketones is 1.